The summed E-state index contributed by atoms with van der Waals surface area (Å²) >= 11 is -1.14. The number of alkyl halides is 3. The van der Waals surface area contributed by atoms with Crippen LogP contribution in [0.3, 0.4) is 0 Å². The van der Waals surface area contributed by atoms with E-state index in [1.54, 1.807) is 24.3 Å². The van der Waals surface area contributed by atoms with Crippen LogP contribution in [-0.2, 0) is 24.1 Å². The lowest BCUT2D eigenvalue weighted by Crippen LogP contribution is -2.31. The van der Waals surface area contributed by atoms with Crippen molar-refractivity contribution in [1.29, 1.82) is 0 Å². The van der Waals surface area contributed by atoms with E-state index in [4.69, 9.17) is 0 Å². The monoisotopic (exact) mass is 549 g/mol. The van der Waals surface area contributed by atoms with Gasteiger partial charge in [0.2, 0.25) is 0 Å². The van der Waals surface area contributed by atoms with Gasteiger partial charge >= 0.3 is 6.18 Å². The van der Waals surface area contributed by atoms with Gasteiger partial charge in [-0.05, 0) is 99.4 Å². The fourth-order valence-corrected chi connectivity index (χ4v) is 6.08. The second-order valence-electron chi connectivity index (χ2n) is 9.88. The van der Waals surface area contributed by atoms with Crippen molar-refractivity contribution in [2.75, 3.05) is 12.4 Å². The number of aromatic nitrogens is 2. The van der Waals surface area contributed by atoms with E-state index in [9.17, 15) is 27.6 Å². The summed E-state index contributed by atoms with van der Waals surface area (Å²) in [5, 5.41) is 13.6. The highest BCUT2D eigenvalue weighted by molar-refractivity contribution is 7.91. The van der Waals surface area contributed by atoms with Crippen LogP contribution in [0.15, 0.2) is 47.5 Å². The summed E-state index contributed by atoms with van der Waals surface area (Å²) in [5.74, 6) is -0.854. The van der Waals surface area contributed by atoms with Crippen LogP contribution in [-0.4, -0.2) is 43.7 Å². The Morgan fingerprint density at radius 1 is 1.18 bits per heavy atom. The van der Waals surface area contributed by atoms with Crippen molar-refractivity contribution in [3.63, 3.8) is 0 Å². The summed E-state index contributed by atoms with van der Waals surface area (Å²) < 4.78 is 53.3. The largest absolute Gasteiger partial charge is 0.611 e. The van der Waals surface area contributed by atoms with Crippen LogP contribution in [0.4, 0.5) is 13.2 Å². The highest BCUT2D eigenvalue weighted by Gasteiger charge is 2.41. The Morgan fingerprint density at radius 3 is 2.50 bits per heavy atom. The van der Waals surface area contributed by atoms with Crippen molar-refractivity contribution in [2.24, 2.45) is 11.8 Å². The van der Waals surface area contributed by atoms with Crippen molar-refractivity contribution >= 4 is 28.0 Å². The molecule has 2 heterocycles. The van der Waals surface area contributed by atoms with Crippen LogP contribution >= 0.6 is 0 Å². The molecule has 6 nitrogen and oxygen atoms in total. The Bertz CT molecular complexity index is 1240. The minimum absolute atomic E-state index is 0.185. The van der Waals surface area contributed by atoms with Crippen molar-refractivity contribution in [1.82, 2.24) is 14.9 Å². The molecule has 0 bridgehead atoms. The molecule has 1 aliphatic carbocycles. The minimum atomic E-state index is -4.11. The predicted octanol–water partition coefficient (Wildman–Crippen LogP) is 5.56. The third-order valence-corrected chi connectivity index (χ3v) is 8.79. The molecule has 3 aromatic rings. The Hall–Kier alpha value is -2.56. The summed E-state index contributed by atoms with van der Waals surface area (Å²) in [6.07, 6.45) is -0.393. The molecule has 4 rings (SSSR count). The van der Waals surface area contributed by atoms with Gasteiger partial charge < -0.3 is 19.5 Å². The van der Waals surface area contributed by atoms with Gasteiger partial charge in [0.1, 0.15) is 5.75 Å². The number of benzene rings is 1. The summed E-state index contributed by atoms with van der Waals surface area (Å²) in [5.41, 5.74) is 2.95. The topological polar surface area (TPSA) is 90.2 Å². The number of carbonyl (C=O) groups excluding carboxylic acids is 1. The van der Waals surface area contributed by atoms with Gasteiger partial charge in [-0.1, -0.05) is 0 Å². The number of nitrogens with zero attached hydrogens (tertiary/aromatic N) is 2. The average Bonchev–Trinajstić information content (AvgIpc) is 3.27. The van der Waals surface area contributed by atoms with Crippen LogP contribution in [0.2, 0.25) is 0 Å². The molecule has 0 saturated heterocycles. The Labute approximate surface area is 223 Å². The maximum atomic E-state index is 13.0. The lowest BCUT2D eigenvalue weighted by Gasteiger charge is -2.30. The molecule has 1 aliphatic rings. The molecule has 2 N–H and O–H groups in total. The van der Waals surface area contributed by atoms with E-state index < -0.39 is 29.3 Å². The highest BCUT2D eigenvalue weighted by Crippen LogP contribution is 2.40. The van der Waals surface area contributed by atoms with Crippen molar-refractivity contribution in [3.05, 3.63) is 59.5 Å². The standard InChI is InChI=1S/C28H34F3N3O3S/c1-3-34-22(13-18-5-8-21(9-6-18)28(29,30)31)15-20-14-19(7-12-26(20)34)27(36)33-25(17-35)24-11-10-23(16-32-24)38(37)4-2/h7,10-12,14-16,18,21,25,35H,3-6,8-9,13,17H2,1-2H3,(H,33,36)/t18-,21-,25-,38?/m0/s1. The van der Waals surface area contributed by atoms with Gasteiger partial charge in [0, 0.05) is 28.7 Å². The minimum Gasteiger partial charge on any atom is -0.611 e. The lowest BCUT2D eigenvalue weighted by atomic mass is 9.79. The van der Waals surface area contributed by atoms with E-state index in [2.05, 4.69) is 14.9 Å². The van der Waals surface area contributed by atoms with Crippen molar-refractivity contribution < 1.29 is 27.6 Å². The zero-order valence-corrected chi connectivity index (χ0v) is 22.4. The van der Waals surface area contributed by atoms with Gasteiger partial charge in [-0.15, -0.1) is 0 Å². The first-order chi connectivity index (χ1) is 18.1. The molecular weight excluding hydrogens is 515 g/mol. The van der Waals surface area contributed by atoms with E-state index in [0.717, 1.165) is 23.1 Å². The van der Waals surface area contributed by atoms with Gasteiger partial charge in [-0.25, -0.2) is 0 Å². The van der Waals surface area contributed by atoms with Gasteiger partial charge in [-0.2, -0.15) is 13.2 Å². The Morgan fingerprint density at radius 2 is 1.92 bits per heavy atom. The zero-order valence-electron chi connectivity index (χ0n) is 21.6. The normalized spacial score (nSPS) is 19.9. The fraction of sp³-hybridized carbons (Fsp3) is 0.500. The molecule has 1 unspecified atom stereocenters. The second kappa shape index (κ2) is 12.1. The maximum Gasteiger partial charge on any atom is 0.391 e. The Balaban J connectivity index is 1.47. The summed E-state index contributed by atoms with van der Waals surface area (Å²) in [4.78, 5) is 17.9. The number of fused-ring (bicyclic) bond motifs is 1. The molecule has 0 aliphatic heterocycles. The number of carbonyl (C=O) groups is 1. The first-order valence-corrected chi connectivity index (χ1v) is 14.4. The molecule has 1 amide bonds. The van der Waals surface area contributed by atoms with Crippen molar-refractivity contribution in [3.8, 4) is 0 Å². The molecule has 10 heteroatoms. The lowest BCUT2D eigenvalue weighted by molar-refractivity contribution is -0.183. The van der Waals surface area contributed by atoms with E-state index in [1.807, 2.05) is 26.0 Å². The fourth-order valence-electron chi connectivity index (χ4n) is 5.36. The predicted molar refractivity (Wildman–Crippen MR) is 141 cm³/mol. The van der Waals surface area contributed by atoms with Crippen LogP contribution < -0.4 is 5.32 Å². The number of aryl methyl sites for hydroxylation is 1. The van der Waals surface area contributed by atoms with Gasteiger partial charge in [0.15, 0.2) is 4.90 Å². The molecule has 1 fully saturated rings. The summed E-state index contributed by atoms with van der Waals surface area (Å²) in [6, 6.07) is 10.1. The average molecular weight is 550 g/mol. The molecule has 2 aromatic heterocycles. The number of rotatable bonds is 9. The summed E-state index contributed by atoms with van der Waals surface area (Å²) in [6.45, 7) is 4.23. The molecule has 2 atom stereocenters. The van der Waals surface area contributed by atoms with Crippen LogP contribution in [0.1, 0.15) is 67.3 Å². The highest BCUT2D eigenvalue weighted by atomic mass is 32.2. The number of aliphatic hydroxyl groups excluding tert-OH is 1. The Kier molecular flexibility index (Phi) is 9.05. The van der Waals surface area contributed by atoms with Gasteiger partial charge in [0.25, 0.3) is 5.91 Å². The SMILES string of the molecule is CCn1c(C[C@H]2CC[C@H](C(F)(F)F)CC2)cc2cc(C(=O)N[C@@H](CO)c3ccc([S+]([O-])CC)cn3)ccc21. The number of hydrogen-bond donors (Lipinski definition) is 2. The number of halogens is 3. The zero-order chi connectivity index (χ0) is 27.4. The molecule has 1 aromatic carbocycles. The van der Waals surface area contributed by atoms with Crippen LogP contribution in [0.5, 0.6) is 0 Å². The third kappa shape index (κ3) is 6.35. The first-order valence-electron chi connectivity index (χ1n) is 13.1. The number of hydrogen-bond acceptors (Lipinski definition) is 4. The molecule has 0 spiro atoms. The number of nitrogens with one attached hydrogen (secondary N) is 1. The number of pyridine rings is 1. The second-order valence-corrected chi connectivity index (χ2v) is 11.6. The number of amides is 1. The van der Waals surface area contributed by atoms with E-state index in [0.29, 0.717) is 41.2 Å². The first kappa shape index (κ1) is 28.4. The number of aliphatic hydroxyl groups is 1. The van der Waals surface area contributed by atoms with E-state index >= 15 is 0 Å². The maximum absolute atomic E-state index is 13.0. The molecule has 1 saturated carbocycles. The molecule has 206 valence electrons. The third-order valence-electron chi connectivity index (χ3n) is 7.50. The van der Waals surface area contributed by atoms with Crippen molar-refractivity contribution in [2.45, 2.75) is 69.6 Å². The van der Waals surface area contributed by atoms with Crippen LogP contribution in [0.25, 0.3) is 10.9 Å². The summed E-state index contributed by atoms with van der Waals surface area (Å²) in [7, 11) is 0. The van der Waals surface area contributed by atoms with E-state index in [1.165, 1.54) is 6.20 Å². The van der Waals surface area contributed by atoms with Gasteiger partial charge in [-0.3, -0.25) is 9.78 Å². The van der Waals surface area contributed by atoms with Gasteiger partial charge in [0.05, 0.1) is 30.5 Å². The molecule has 38 heavy (non-hydrogen) atoms. The molecular formula is C28H34F3N3O3S. The van der Waals surface area contributed by atoms with Crippen LogP contribution in [0, 0.1) is 11.8 Å². The van der Waals surface area contributed by atoms with E-state index in [-0.39, 0.29) is 31.3 Å². The quantitative estimate of drug-likeness (QED) is 0.342. The molecule has 0 radical (unpaired) electrons. The smallest absolute Gasteiger partial charge is 0.391 e.